The summed E-state index contributed by atoms with van der Waals surface area (Å²) in [5.74, 6) is -0.0197. The Labute approximate surface area is 208 Å². The lowest BCUT2D eigenvalue weighted by Gasteiger charge is -2.22. The summed E-state index contributed by atoms with van der Waals surface area (Å²) >= 11 is 12.1. The van der Waals surface area contributed by atoms with Gasteiger partial charge in [-0.05, 0) is 34.7 Å². The van der Waals surface area contributed by atoms with Crippen molar-refractivity contribution in [3.8, 4) is 11.4 Å². The van der Waals surface area contributed by atoms with Gasteiger partial charge in [0.25, 0.3) is 5.91 Å². The number of aromatic hydroxyl groups is 1. The van der Waals surface area contributed by atoms with E-state index < -0.39 is 0 Å². The highest BCUT2D eigenvalue weighted by Gasteiger charge is 2.21. The number of phenolic OH excluding ortho intramolecular Hbond substituents is 1. The molecule has 34 heavy (non-hydrogen) atoms. The van der Waals surface area contributed by atoms with E-state index in [2.05, 4.69) is 36.1 Å². The second-order valence-corrected chi connectivity index (χ2v) is 9.13. The quantitative estimate of drug-likeness (QED) is 0.329. The van der Waals surface area contributed by atoms with Crippen molar-refractivity contribution in [1.82, 2.24) is 19.7 Å². The molecule has 0 saturated carbocycles. The van der Waals surface area contributed by atoms with Crippen LogP contribution in [0.25, 0.3) is 5.69 Å². The molecule has 4 rings (SSSR count). The second kappa shape index (κ2) is 10.3. The van der Waals surface area contributed by atoms with Crippen molar-refractivity contribution in [2.75, 3.05) is 0 Å². The topological polar surface area (TPSA) is 71.2 Å². The molecule has 0 saturated heterocycles. The monoisotopic (exact) mass is 494 g/mol. The molecule has 0 unspecified atom stereocenters. The van der Waals surface area contributed by atoms with Gasteiger partial charge < -0.3 is 10.0 Å². The predicted molar refractivity (Wildman–Crippen MR) is 134 cm³/mol. The zero-order valence-corrected chi connectivity index (χ0v) is 20.3. The largest absolute Gasteiger partial charge is 0.505 e. The Kier molecular flexibility index (Phi) is 7.20. The van der Waals surface area contributed by atoms with Gasteiger partial charge in [0.05, 0.1) is 15.7 Å². The molecule has 0 radical (unpaired) electrons. The number of rotatable bonds is 7. The van der Waals surface area contributed by atoms with Crippen LogP contribution < -0.4 is 0 Å². The normalized spacial score (nSPS) is 11.1. The smallest absolute Gasteiger partial charge is 0.294 e. The number of hydrogen-bond acceptors (Lipinski definition) is 4. The van der Waals surface area contributed by atoms with E-state index in [0.29, 0.717) is 24.7 Å². The molecule has 1 heterocycles. The number of phenols is 1. The Morgan fingerprint density at radius 3 is 2.15 bits per heavy atom. The second-order valence-electron chi connectivity index (χ2n) is 8.31. The lowest BCUT2D eigenvalue weighted by molar-refractivity contribution is 0.0717. The number of aromatic nitrogens is 3. The zero-order valence-electron chi connectivity index (χ0n) is 18.8. The van der Waals surface area contributed by atoms with Crippen LogP contribution >= 0.6 is 23.2 Å². The number of hydrogen-bond donors (Lipinski definition) is 1. The van der Waals surface area contributed by atoms with E-state index in [-0.39, 0.29) is 27.5 Å². The van der Waals surface area contributed by atoms with Gasteiger partial charge in [0.15, 0.2) is 5.75 Å². The Morgan fingerprint density at radius 2 is 1.56 bits per heavy atom. The number of benzene rings is 3. The molecule has 0 spiro atoms. The third kappa shape index (κ3) is 5.41. The molecule has 1 N–H and O–H groups in total. The van der Waals surface area contributed by atoms with Crippen molar-refractivity contribution in [2.24, 2.45) is 0 Å². The van der Waals surface area contributed by atoms with Gasteiger partial charge in [0.1, 0.15) is 6.33 Å². The molecule has 0 fully saturated rings. The van der Waals surface area contributed by atoms with Gasteiger partial charge in [0.2, 0.25) is 5.82 Å². The molecule has 3 aromatic carbocycles. The Morgan fingerprint density at radius 1 is 0.971 bits per heavy atom. The van der Waals surface area contributed by atoms with Crippen LogP contribution in [-0.4, -0.2) is 30.7 Å². The molecule has 1 aromatic heterocycles. The molecular weight excluding hydrogens is 471 g/mol. The number of nitrogens with zero attached hydrogens (tertiary/aromatic N) is 4. The van der Waals surface area contributed by atoms with Crippen LogP contribution in [0.5, 0.6) is 5.75 Å². The van der Waals surface area contributed by atoms with Gasteiger partial charge in [-0.25, -0.2) is 9.67 Å². The lowest BCUT2D eigenvalue weighted by atomic mass is 10.0. The van der Waals surface area contributed by atoms with Crippen LogP contribution in [0, 0.1) is 0 Å². The van der Waals surface area contributed by atoms with Gasteiger partial charge in [-0.3, -0.25) is 4.79 Å². The summed E-state index contributed by atoms with van der Waals surface area (Å²) in [6.07, 6.45) is 1.42. The minimum atomic E-state index is -0.300. The Hall–Kier alpha value is -3.35. The van der Waals surface area contributed by atoms with Gasteiger partial charge in [-0.2, -0.15) is 0 Å². The van der Waals surface area contributed by atoms with E-state index in [4.69, 9.17) is 23.2 Å². The Bertz CT molecular complexity index is 1260. The first kappa shape index (κ1) is 23.8. The van der Waals surface area contributed by atoms with E-state index in [9.17, 15) is 9.90 Å². The van der Waals surface area contributed by atoms with Gasteiger partial charge in [-0.1, -0.05) is 91.6 Å². The molecule has 0 aliphatic heterocycles. The molecule has 8 heteroatoms. The van der Waals surface area contributed by atoms with Crippen molar-refractivity contribution in [1.29, 1.82) is 0 Å². The minimum Gasteiger partial charge on any atom is -0.505 e. The van der Waals surface area contributed by atoms with E-state index >= 15 is 0 Å². The SMILES string of the molecule is CC(C)c1ccc(CN(Cc2ccccc2)C(=O)c2ncn(-c3cc(Cl)c(O)c(Cl)c3)n2)cc1. The first-order chi connectivity index (χ1) is 16.3. The first-order valence-electron chi connectivity index (χ1n) is 10.8. The van der Waals surface area contributed by atoms with E-state index in [1.165, 1.54) is 28.7 Å². The fraction of sp³-hybridized carbons (Fsp3) is 0.192. The molecule has 0 aliphatic carbocycles. The van der Waals surface area contributed by atoms with Crippen LogP contribution in [0.4, 0.5) is 0 Å². The van der Waals surface area contributed by atoms with Crippen LogP contribution in [-0.2, 0) is 13.1 Å². The average Bonchev–Trinajstić information content (AvgIpc) is 3.33. The molecule has 4 aromatic rings. The maximum Gasteiger partial charge on any atom is 0.294 e. The van der Waals surface area contributed by atoms with Crippen LogP contribution in [0.2, 0.25) is 10.0 Å². The molecule has 0 bridgehead atoms. The third-order valence-corrected chi connectivity index (χ3v) is 6.05. The molecule has 1 amide bonds. The van der Waals surface area contributed by atoms with Crippen molar-refractivity contribution in [3.63, 3.8) is 0 Å². The first-order valence-corrected chi connectivity index (χ1v) is 11.6. The van der Waals surface area contributed by atoms with E-state index in [0.717, 1.165) is 11.1 Å². The zero-order chi connectivity index (χ0) is 24.2. The summed E-state index contributed by atoms with van der Waals surface area (Å²) in [6, 6.07) is 21.1. The highest BCUT2D eigenvalue weighted by atomic mass is 35.5. The molecule has 6 nitrogen and oxygen atoms in total. The average molecular weight is 495 g/mol. The van der Waals surface area contributed by atoms with Crippen molar-refractivity contribution >= 4 is 29.1 Å². The standard InChI is InChI=1S/C26H24Cl2N4O2/c1-17(2)20-10-8-19(9-11-20)15-31(14-18-6-4-3-5-7-18)26(34)25-29-16-32(30-25)21-12-22(27)24(33)23(28)13-21/h3-13,16-17,33H,14-15H2,1-2H3. The number of amides is 1. The molecule has 0 aliphatic rings. The lowest BCUT2D eigenvalue weighted by Crippen LogP contribution is -2.31. The summed E-state index contributed by atoms with van der Waals surface area (Å²) in [5, 5.41) is 14.3. The fourth-order valence-electron chi connectivity index (χ4n) is 3.54. The molecule has 174 valence electrons. The van der Waals surface area contributed by atoms with Gasteiger partial charge in [-0.15, -0.1) is 5.10 Å². The summed E-state index contributed by atoms with van der Waals surface area (Å²) in [4.78, 5) is 19.4. The Balaban J connectivity index is 1.61. The number of carbonyl (C=O) groups is 1. The summed E-state index contributed by atoms with van der Waals surface area (Å²) in [5.41, 5.74) is 3.76. The van der Waals surface area contributed by atoms with Gasteiger partial charge >= 0.3 is 0 Å². The van der Waals surface area contributed by atoms with E-state index in [1.807, 2.05) is 42.5 Å². The predicted octanol–water partition coefficient (Wildman–Crippen LogP) is 6.25. The van der Waals surface area contributed by atoms with Gasteiger partial charge in [0, 0.05) is 13.1 Å². The molecular formula is C26H24Cl2N4O2. The van der Waals surface area contributed by atoms with Crippen molar-refractivity contribution in [2.45, 2.75) is 32.9 Å². The number of carbonyl (C=O) groups excluding carboxylic acids is 1. The highest BCUT2D eigenvalue weighted by molar-refractivity contribution is 6.37. The van der Waals surface area contributed by atoms with Crippen LogP contribution in [0.3, 0.4) is 0 Å². The van der Waals surface area contributed by atoms with Crippen LogP contribution in [0.1, 0.15) is 47.1 Å². The van der Waals surface area contributed by atoms with Crippen LogP contribution in [0.15, 0.2) is 73.1 Å². The number of halogens is 2. The van der Waals surface area contributed by atoms with Crippen molar-refractivity contribution < 1.29 is 9.90 Å². The highest BCUT2D eigenvalue weighted by Crippen LogP contribution is 2.33. The third-order valence-electron chi connectivity index (χ3n) is 5.47. The summed E-state index contributed by atoms with van der Waals surface area (Å²) < 4.78 is 1.41. The summed E-state index contributed by atoms with van der Waals surface area (Å²) in [6.45, 7) is 5.13. The molecule has 0 atom stereocenters. The minimum absolute atomic E-state index is 0.0510. The maximum absolute atomic E-state index is 13.5. The summed E-state index contributed by atoms with van der Waals surface area (Å²) in [7, 11) is 0. The van der Waals surface area contributed by atoms with E-state index in [1.54, 1.807) is 4.90 Å². The fourth-order valence-corrected chi connectivity index (χ4v) is 4.02. The maximum atomic E-state index is 13.5. The van der Waals surface area contributed by atoms with Crippen molar-refractivity contribution in [3.05, 3.63) is 106 Å².